The first kappa shape index (κ1) is 11.6. The van der Waals surface area contributed by atoms with Gasteiger partial charge in [0.15, 0.2) is 0 Å². The number of carboxylic acid groups (broad SMARTS) is 1. The number of aliphatic carboxylic acids is 1. The van der Waals surface area contributed by atoms with E-state index < -0.39 is 12.0 Å². The van der Waals surface area contributed by atoms with Gasteiger partial charge in [-0.15, -0.1) is 0 Å². The van der Waals surface area contributed by atoms with Gasteiger partial charge in [-0.25, -0.2) is 0 Å². The Kier molecular flexibility index (Phi) is 3.40. The van der Waals surface area contributed by atoms with E-state index in [0.717, 1.165) is 5.56 Å². The lowest BCUT2D eigenvalue weighted by Crippen LogP contribution is -2.45. The van der Waals surface area contributed by atoms with E-state index in [1.165, 1.54) is 5.56 Å². The molecule has 88 valence electrons. The van der Waals surface area contributed by atoms with Crippen molar-refractivity contribution in [2.24, 2.45) is 0 Å². The summed E-state index contributed by atoms with van der Waals surface area (Å²) in [5.74, 6) is -0.808. The summed E-state index contributed by atoms with van der Waals surface area (Å²) in [5.41, 5.74) is 2.27. The van der Waals surface area contributed by atoms with Crippen molar-refractivity contribution in [2.45, 2.75) is 25.4 Å². The predicted molar refractivity (Wildman–Crippen MR) is 62.2 cm³/mol. The molecule has 4 nitrogen and oxygen atoms in total. The number of carbonyl (C=O) groups is 1. The van der Waals surface area contributed by atoms with Crippen molar-refractivity contribution in [1.29, 1.82) is 5.26 Å². The maximum atomic E-state index is 11.2. The molecule has 1 aliphatic heterocycles. The van der Waals surface area contributed by atoms with Gasteiger partial charge in [0.2, 0.25) is 0 Å². The Morgan fingerprint density at radius 3 is 2.82 bits per heavy atom. The summed E-state index contributed by atoms with van der Waals surface area (Å²) in [5, 5.41) is 17.8. The Labute approximate surface area is 100 Å². The molecule has 0 aliphatic carbocycles. The topological polar surface area (TPSA) is 64.3 Å². The van der Waals surface area contributed by atoms with Crippen LogP contribution in [0, 0.1) is 11.3 Å². The molecule has 0 saturated heterocycles. The van der Waals surface area contributed by atoms with Gasteiger partial charge >= 0.3 is 5.97 Å². The first-order valence-corrected chi connectivity index (χ1v) is 5.63. The van der Waals surface area contributed by atoms with Gasteiger partial charge in [0.1, 0.15) is 6.04 Å². The fourth-order valence-electron chi connectivity index (χ4n) is 2.25. The molecule has 1 unspecified atom stereocenters. The number of nitriles is 1. The van der Waals surface area contributed by atoms with Crippen LogP contribution in [-0.4, -0.2) is 28.6 Å². The first-order valence-electron chi connectivity index (χ1n) is 5.63. The third-order valence-corrected chi connectivity index (χ3v) is 3.14. The molecule has 1 aromatic carbocycles. The zero-order chi connectivity index (χ0) is 12.3. The van der Waals surface area contributed by atoms with E-state index in [4.69, 9.17) is 5.26 Å². The van der Waals surface area contributed by atoms with Crippen LogP contribution in [0.1, 0.15) is 17.5 Å². The van der Waals surface area contributed by atoms with Crippen LogP contribution in [0.2, 0.25) is 0 Å². The zero-order valence-electron chi connectivity index (χ0n) is 9.47. The lowest BCUT2D eigenvalue weighted by Gasteiger charge is -2.33. The molecule has 0 fully saturated rings. The van der Waals surface area contributed by atoms with Crippen molar-refractivity contribution in [3.05, 3.63) is 35.4 Å². The number of benzene rings is 1. The maximum Gasteiger partial charge on any atom is 0.321 e. The molecule has 4 heteroatoms. The minimum Gasteiger partial charge on any atom is -0.480 e. The Bertz CT molecular complexity index is 465. The van der Waals surface area contributed by atoms with Crippen molar-refractivity contribution < 1.29 is 9.90 Å². The second-order valence-corrected chi connectivity index (χ2v) is 4.21. The average molecular weight is 230 g/mol. The third kappa shape index (κ3) is 2.45. The summed E-state index contributed by atoms with van der Waals surface area (Å²) in [7, 11) is 0. The molecule has 0 saturated carbocycles. The number of carboxylic acids is 1. The molecule has 1 aromatic rings. The van der Waals surface area contributed by atoms with Crippen LogP contribution in [0.4, 0.5) is 0 Å². The van der Waals surface area contributed by atoms with Crippen molar-refractivity contribution in [3.63, 3.8) is 0 Å². The van der Waals surface area contributed by atoms with Crippen molar-refractivity contribution in [2.75, 3.05) is 6.54 Å². The van der Waals surface area contributed by atoms with E-state index in [0.29, 0.717) is 25.9 Å². The van der Waals surface area contributed by atoms with Crippen LogP contribution < -0.4 is 0 Å². The fraction of sp³-hybridized carbons (Fsp3) is 0.385. The van der Waals surface area contributed by atoms with Gasteiger partial charge in [0.25, 0.3) is 0 Å². The Hall–Kier alpha value is -1.86. The lowest BCUT2D eigenvalue weighted by atomic mass is 9.94. The molecule has 0 amide bonds. The van der Waals surface area contributed by atoms with Crippen LogP contribution in [0.25, 0.3) is 0 Å². The molecule has 1 N–H and O–H groups in total. The van der Waals surface area contributed by atoms with E-state index in [1.807, 2.05) is 29.2 Å². The Morgan fingerprint density at radius 1 is 1.47 bits per heavy atom. The van der Waals surface area contributed by atoms with Gasteiger partial charge in [-0.3, -0.25) is 9.69 Å². The number of rotatable bonds is 3. The van der Waals surface area contributed by atoms with Gasteiger partial charge in [-0.2, -0.15) is 5.26 Å². The molecule has 2 rings (SSSR count). The zero-order valence-corrected chi connectivity index (χ0v) is 9.47. The highest BCUT2D eigenvalue weighted by Gasteiger charge is 2.30. The quantitative estimate of drug-likeness (QED) is 0.852. The third-order valence-electron chi connectivity index (χ3n) is 3.14. The molecule has 17 heavy (non-hydrogen) atoms. The average Bonchev–Trinajstić information content (AvgIpc) is 2.35. The van der Waals surface area contributed by atoms with Gasteiger partial charge < -0.3 is 5.11 Å². The van der Waals surface area contributed by atoms with Crippen molar-refractivity contribution >= 4 is 5.97 Å². The van der Waals surface area contributed by atoms with E-state index in [1.54, 1.807) is 0 Å². The molecule has 1 aliphatic rings. The standard InChI is InChI=1S/C13H14N2O2/c14-6-3-7-15-9-11-5-2-1-4-10(11)8-12(15)13(16)17/h1-2,4-5,12H,3,7-9H2,(H,16,17). The number of fused-ring (bicyclic) bond motifs is 1. The highest BCUT2D eigenvalue weighted by atomic mass is 16.4. The minimum atomic E-state index is -0.808. The number of hydrogen-bond acceptors (Lipinski definition) is 3. The molecular weight excluding hydrogens is 216 g/mol. The Morgan fingerprint density at radius 2 is 2.18 bits per heavy atom. The number of hydrogen-bond donors (Lipinski definition) is 1. The lowest BCUT2D eigenvalue weighted by molar-refractivity contribution is -0.143. The highest BCUT2D eigenvalue weighted by Crippen LogP contribution is 2.23. The van der Waals surface area contributed by atoms with E-state index >= 15 is 0 Å². The van der Waals surface area contributed by atoms with Crippen LogP contribution in [0.15, 0.2) is 24.3 Å². The van der Waals surface area contributed by atoms with E-state index in [2.05, 4.69) is 6.07 Å². The van der Waals surface area contributed by atoms with Crippen LogP contribution in [0.5, 0.6) is 0 Å². The fourth-order valence-corrected chi connectivity index (χ4v) is 2.25. The summed E-state index contributed by atoms with van der Waals surface area (Å²) >= 11 is 0. The maximum absolute atomic E-state index is 11.2. The van der Waals surface area contributed by atoms with Gasteiger partial charge in [-0.05, 0) is 17.5 Å². The monoisotopic (exact) mass is 230 g/mol. The van der Waals surface area contributed by atoms with Gasteiger partial charge in [-0.1, -0.05) is 24.3 Å². The van der Waals surface area contributed by atoms with Crippen molar-refractivity contribution in [1.82, 2.24) is 4.90 Å². The van der Waals surface area contributed by atoms with Gasteiger partial charge in [0, 0.05) is 19.5 Å². The number of nitrogens with zero attached hydrogens (tertiary/aromatic N) is 2. The highest BCUT2D eigenvalue weighted by molar-refractivity contribution is 5.74. The second kappa shape index (κ2) is 4.98. The molecule has 1 atom stereocenters. The summed E-state index contributed by atoms with van der Waals surface area (Å²) in [4.78, 5) is 13.1. The smallest absolute Gasteiger partial charge is 0.321 e. The molecular formula is C13H14N2O2. The van der Waals surface area contributed by atoms with Crippen molar-refractivity contribution in [3.8, 4) is 6.07 Å². The Balaban J connectivity index is 2.22. The second-order valence-electron chi connectivity index (χ2n) is 4.21. The summed E-state index contributed by atoms with van der Waals surface area (Å²) in [6, 6.07) is 9.46. The minimum absolute atomic E-state index is 0.367. The summed E-state index contributed by atoms with van der Waals surface area (Å²) in [6.07, 6.45) is 0.892. The predicted octanol–water partition coefficient (Wildman–Crippen LogP) is 1.41. The molecule has 0 spiro atoms. The van der Waals surface area contributed by atoms with Crippen LogP contribution in [-0.2, 0) is 17.8 Å². The van der Waals surface area contributed by atoms with E-state index in [9.17, 15) is 9.90 Å². The summed E-state index contributed by atoms with van der Waals surface area (Å²) < 4.78 is 0. The molecule has 1 heterocycles. The molecule has 0 bridgehead atoms. The summed E-state index contributed by atoms with van der Waals surface area (Å²) in [6.45, 7) is 1.14. The largest absolute Gasteiger partial charge is 0.480 e. The molecule has 0 aromatic heterocycles. The van der Waals surface area contributed by atoms with E-state index in [-0.39, 0.29) is 0 Å². The molecule has 0 radical (unpaired) electrons. The van der Waals surface area contributed by atoms with Crippen LogP contribution >= 0.6 is 0 Å². The normalized spacial score (nSPS) is 19.4. The first-order chi connectivity index (χ1) is 8.22. The van der Waals surface area contributed by atoms with Crippen LogP contribution in [0.3, 0.4) is 0 Å². The van der Waals surface area contributed by atoms with Gasteiger partial charge in [0.05, 0.1) is 6.07 Å². The SMILES string of the molecule is N#CCCN1Cc2ccccc2CC1C(=O)O.